The van der Waals surface area contributed by atoms with Gasteiger partial charge < -0.3 is 15.4 Å². The summed E-state index contributed by atoms with van der Waals surface area (Å²) in [6, 6.07) is 11.9. The maximum Gasteiger partial charge on any atom is 0.253 e. The van der Waals surface area contributed by atoms with Gasteiger partial charge >= 0.3 is 0 Å². The summed E-state index contributed by atoms with van der Waals surface area (Å²) in [6.45, 7) is 3.03. The summed E-state index contributed by atoms with van der Waals surface area (Å²) in [5.41, 5.74) is 2.91. The molecule has 0 spiro atoms. The monoisotopic (exact) mass is 468 g/mol. The zero-order chi connectivity index (χ0) is 23.4. The summed E-state index contributed by atoms with van der Waals surface area (Å²) >= 11 is 5.86. The molecule has 2 aliphatic rings. The van der Waals surface area contributed by atoms with Crippen molar-refractivity contribution in [3.05, 3.63) is 64.2 Å². The summed E-state index contributed by atoms with van der Waals surface area (Å²) < 4.78 is 0. The van der Waals surface area contributed by atoms with Crippen LogP contribution in [0.1, 0.15) is 39.1 Å². The minimum Gasteiger partial charge on any atom is -0.411 e. The molecule has 0 saturated carbocycles. The average Bonchev–Trinajstić information content (AvgIpc) is 2.84. The van der Waals surface area contributed by atoms with Crippen LogP contribution in [0.5, 0.6) is 0 Å². The van der Waals surface area contributed by atoms with Gasteiger partial charge in [-0.1, -0.05) is 16.8 Å². The number of piperazine rings is 1. The molecule has 0 unspecified atom stereocenters. The molecule has 2 aliphatic heterocycles. The van der Waals surface area contributed by atoms with E-state index in [0.717, 1.165) is 11.3 Å². The first-order chi connectivity index (χ1) is 15.9. The molecule has 2 heterocycles. The van der Waals surface area contributed by atoms with Crippen molar-refractivity contribution in [1.82, 2.24) is 9.80 Å². The van der Waals surface area contributed by atoms with Crippen molar-refractivity contribution in [1.29, 1.82) is 0 Å². The van der Waals surface area contributed by atoms with Crippen LogP contribution in [0.15, 0.2) is 47.6 Å². The van der Waals surface area contributed by atoms with Gasteiger partial charge in [0.1, 0.15) is 5.71 Å². The van der Waals surface area contributed by atoms with Crippen molar-refractivity contribution >= 4 is 40.6 Å². The van der Waals surface area contributed by atoms with Crippen LogP contribution in [0.2, 0.25) is 5.02 Å². The molecule has 1 saturated heterocycles. The number of rotatable bonds is 6. The number of carbonyl (C=O) groups is 3. The Morgan fingerprint density at radius 1 is 1.00 bits per heavy atom. The van der Waals surface area contributed by atoms with Crippen molar-refractivity contribution in [2.45, 2.75) is 19.3 Å². The fourth-order valence-corrected chi connectivity index (χ4v) is 4.24. The molecular formula is C24H25ClN4O4. The predicted molar refractivity (Wildman–Crippen MR) is 125 cm³/mol. The number of benzene rings is 2. The van der Waals surface area contributed by atoms with Gasteiger partial charge in [-0.05, 0) is 54.4 Å². The topological polar surface area (TPSA) is 102 Å². The smallest absolute Gasteiger partial charge is 0.253 e. The number of fused-ring (bicyclic) bond motifs is 1. The highest BCUT2D eigenvalue weighted by Gasteiger charge is 2.24. The second kappa shape index (κ2) is 10.1. The minimum atomic E-state index is -0.327. The van der Waals surface area contributed by atoms with Gasteiger partial charge in [0, 0.05) is 67.4 Å². The lowest BCUT2D eigenvalue weighted by molar-refractivity contribution is -0.116. The molecule has 2 aromatic rings. The number of nitrogens with zero attached hydrogens (tertiary/aromatic N) is 3. The molecule has 2 N–H and O–H groups in total. The maximum absolute atomic E-state index is 13.0. The third kappa shape index (κ3) is 5.40. The van der Waals surface area contributed by atoms with E-state index in [9.17, 15) is 19.6 Å². The molecule has 4 rings (SSSR count). The average molecular weight is 469 g/mol. The van der Waals surface area contributed by atoms with E-state index >= 15 is 0 Å². The number of aryl methyl sites for hydroxylation is 1. The van der Waals surface area contributed by atoms with Crippen LogP contribution in [0.3, 0.4) is 0 Å². The number of ketones is 1. The molecule has 9 heteroatoms. The Morgan fingerprint density at radius 3 is 2.39 bits per heavy atom. The van der Waals surface area contributed by atoms with Crippen LogP contribution in [-0.4, -0.2) is 71.0 Å². The fraction of sp³-hybridized carbons (Fsp3) is 0.333. The summed E-state index contributed by atoms with van der Waals surface area (Å²) in [6.07, 6.45) is 1.38. The van der Waals surface area contributed by atoms with E-state index in [1.807, 2.05) is 11.0 Å². The largest absolute Gasteiger partial charge is 0.411 e. The fourth-order valence-electron chi connectivity index (χ4n) is 4.11. The van der Waals surface area contributed by atoms with Crippen LogP contribution in [0.25, 0.3) is 0 Å². The van der Waals surface area contributed by atoms with E-state index in [1.54, 1.807) is 36.4 Å². The van der Waals surface area contributed by atoms with Crippen molar-refractivity contribution < 1.29 is 19.6 Å². The first-order valence-electron chi connectivity index (χ1n) is 10.9. The standard InChI is InChI=1S/C24H25ClN4O4/c25-19-5-1-16(2-6-19)23(31)21(27-33)9-10-28-11-13-29(14-12-28)24(32)18-3-7-20-17(15-18)4-8-22(30)26-20/h1-3,5-7,15,33H,4,8-14H2,(H,26,30). The number of anilines is 1. The lowest BCUT2D eigenvalue weighted by Gasteiger charge is -2.35. The number of halogens is 1. The normalized spacial score (nSPS) is 16.8. The second-order valence-electron chi connectivity index (χ2n) is 8.19. The molecule has 0 radical (unpaired) electrons. The molecule has 8 nitrogen and oxygen atoms in total. The Hall–Kier alpha value is -3.23. The Kier molecular flexibility index (Phi) is 7.05. The van der Waals surface area contributed by atoms with Gasteiger partial charge in [0.15, 0.2) is 0 Å². The molecule has 0 aromatic heterocycles. The van der Waals surface area contributed by atoms with Crippen LogP contribution in [0, 0.1) is 0 Å². The lowest BCUT2D eigenvalue weighted by atomic mass is 10.00. The van der Waals surface area contributed by atoms with Crippen LogP contribution >= 0.6 is 11.6 Å². The zero-order valence-electron chi connectivity index (χ0n) is 18.1. The number of carbonyl (C=O) groups excluding carboxylic acids is 3. The third-order valence-corrected chi connectivity index (χ3v) is 6.31. The molecule has 1 fully saturated rings. The Morgan fingerprint density at radius 2 is 1.70 bits per heavy atom. The van der Waals surface area contributed by atoms with Crippen molar-refractivity contribution in [3.63, 3.8) is 0 Å². The predicted octanol–water partition coefficient (Wildman–Crippen LogP) is 3.09. The quantitative estimate of drug-likeness (QED) is 0.293. The summed E-state index contributed by atoms with van der Waals surface area (Å²) in [5.74, 6) is -0.349. The SMILES string of the molecule is O=C1CCc2cc(C(=O)N3CCN(CCC(=NO)C(=O)c4ccc(Cl)cc4)CC3)ccc2N1. The number of nitrogens with one attached hydrogen (secondary N) is 1. The van der Waals surface area contributed by atoms with E-state index in [1.165, 1.54) is 0 Å². The van der Waals surface area contributed by atoms with Crippen LogP contribution < -0.4 is 5.32 Å². The molecule has 0 aliphatic carbocycles. The molecule has 2 aromatic carbocycles. The van der Waals surface area contributed by atoms with E-state index < -0.39 is 0 Å². The van der Waals surface area contributed by atoms with E-state index in [4.69, 9.17) is 11.6 Å². The maximum atomic E-state index is 13.0. The summed E-state index contributed by atoms with van der Waals surface area (Å²) in [7, 11) is 0. The molecule has 0 atom stereocenters. The van der Waals surface area contributed by atoms with E-state index in [-0.39, 0.29) is 23.3 Å². The van der Waals surface area contributed by atoms with Gasteiger partial charge in [-0.25, -0.2) is 0 Å². The van der Waals surface area contributed by atoms with E-state index in [0.29, 0.717) is 68.1 Å². The number of hydrogen-bond acceptors (Lipinski definition) is 6. The Bertz CT molecular complexity index is 1090. The van der Waals surface area contributed by atoms with E-state index in [2.05, 4.69) is 15.4 Å². The minimum absolute atomic E-state index is 0.00182. The highest BCUT2D eigenvalue weighted by molar-refractivity contribution is 6.46. The zero-order valence-corrected chi connectivity index (χ0v) is 18.8. The van der Waals surface area contributed by atoms with Gasteiger partial charge in [-0.2, -0.15) is 0 Å². The first kappa shape index (κ1) is 22.9. The molecular weight excluding hydrogens is 444 g/mol. The van der Waals surface area contributed by atoms with Gasteiger partial charge in [0.2, 0.25) is 11.7 Å². The summed E-state index contributed by atoms with van der Waals surface area (Å²) in [5, 5.41) is 15.9. The van der Waals surface area contributed by atoms with Gasteiger partial charge in [0.25, 0.3) is 5.91 Å². The second-order valence-corrected chi connectivity index (χ2v) is 8.62. The third-order valence-electron chi connectivity index (χ3n) is 6.06. The van der Waals surface area contributed by atoms with Crippen molar-refractivity contribution in [2.75, 3.05) is 38.0 Å². The Labute approximate surface area is 196 Å². The van der Waals surface area contributed by atoms with Crippen molar-refractivity contribution in [2.24, 2.45) is 5.16 Å². The molecule has 33 heavy (non-hydrogen) atoms. The number of hydrogen-bond donors (Lipinski definition) is 2. The highest BCUT2D eigenvalue weighted by Crippen LogP contribution is 2.24. The molecule has 172 valence electrons. The van der Waals surface area contributed by atoms with Crippen molar-refractivity contribution in [3.8, 4) is 0 Å². The number of oxime groups is 1. The van der Waals surface area contributed by atoms with Gasteiger partial charge in [-0.15, -0.1) is 0 Å². The first-order valence-corrected chi connectivity index (χ1v) is 11.3. The molecule has 0 bridgehead atoms. The number of Topliss-reactive ketones (excluding diaryl/α,β-unsaturated/α-hetero) is 1. The van der Waals surface area contributed by atoms with Gasteiger partial charge in [0.05, 0.1) is 0 Å². The highest BCUT2D eigenvalue weighted by atomic mass is 35.5. The molecule has 2 amide bonds. The van der Waals surface area contributed by atoms with Crippen LogP contribution in [-0.2, 0) is 11.2 Å². The lowest BCUT2D eigenvalue weighted by Crippen LogP contribution is -2.49. The number of amides is 2. The Balaban J connectivity index is 1.29. The summed E-state index contributed by atoms with van der Waals surface area (Å²) in [4.78, 5) is 41.0. The van der Waals surface area contributed by atoms with Gasteiger partial charge in [-0.3, -0.25) is 19.3 Å². The van der Waals surface area contributed by atoms with Crippen LogP contribution in [0.4, 0.5) is 5.69 Å².